The van der Waals surface area contributed by atoms with Crippen LogP contribution in [0.4, 0.5) is 0 Å². The van der Waals surface area contributed by atoms with Gasteiger partial charge >= 0.3 is 0 Å². The Balaban J connectivity index is 1.72. The Morgan fingerprint density at radius 2 is 2.06 bits per heavy atom. The third-order valence-electron chi connectivity index (χ3n) is 3.24. The van der Waals surface area contributed by atoms with Crippen molar-refractivity contribution in [2.75, 3.05) is 0 Å². The third kappa shape index (κ3) is 1.97. The number of nitrogens with zero attached hydrogens (tertiary/aromatic N) is 2. The molecule has 3 N–H and O–H groups in total. The van der Waals surface area contributed by atoms with E-state index in [4.69, 9.17) is 5.73 Å². The molecule has 0 aliphatic carbocycles. The number of fused-ring (bicyclic) bond motifs is 1. The van der Waals surface area contributed by atoms with Crippen molar-refractivity contribution in [3.05, 3.63) is 52.8 Å². The van der Waals surface area contributed by atoms with E-state index in [0.717, 1.165) is 25.3 Å². The number of rotatable bonds is 3. The lowest BCUT2D eigenvalue weighted by Crippen LogP contribution is -2.17. The van der Waals surface area contributed by atoms with E-state index in [9.17, 15) is 0 Å². The van der Waals surface area contributed by atoms with Gasteiger partial charge in [-0.05, 0) is 5.56 Å². The Morgan fingerprint density at radius 1 is 1.24 bits per heavy atom. The largest absolute Gasteiger partial charge is 0.325 e. The van der Waals surface area contributed by atoms with Crippen LogP contribution in [0.1, 0.15) is 22.5 Å². The summed E-state index contributed by atoms with van der Waals surface area (Å²) >= 11 is 0. The zero-order chi connectivity index (χ0) is 11.7. The van der Waals surface area contributed by atoms with Crippen LogP contribution >= 0.6 is 0 Å². The molecule has 17 heavy (non-hydrogen) atoms. The number of benzene rings is 1. The van der Waals surface area contributed by atoms with Crippen LogP contribution in [0.15, 0.2) is 30.3 Å². The molecule has 0 amide bonds. The van der Waals surface area contributed by atoms with E-state index in [1.165, 1.54) is 16.8 Å². The van der Waals surface area contributed by atoms with E-state index in [1.807, 2.05) is 6.07 Å². The highest BCUT2D eigenvalue weighted by Crippen LogP contribution is 2.24. The molecule has 1 aliphatic heterocycles. The lowest BCUT2D eigenvalue weighted by Gasteiger charge is -2.14. The first-order chi connectivity index (χ1) is 8.36. The molecule has 0 spiro atoms. The van der Waals surface area contributed by atoms with Gasteiger partial charge in [0, 0.05) is 31.7 Å². The SMILES string of the molecule is NCc1n[nH]c2c1CN(Cc1ccccc1)C2. The second-order valence-corrected chi connectivity index (χ2v) is 4.46. The average Bonchev–Trinajstić information content (AvgIpc) is 2.89. The molecule has 4 nitrogen and oxygen atoms in total. The van der Waals surface area contributed by atoms with Crippen LogP contribution in [0, 0.1) is 0 Å². The Hall–Kier alpha value is -1.65. The standard InChI is InChI=1S/C13H16N4/c14-6-12-11-8-17(9-13(11)16-15-12)7-10-4-2-1-3-5-10/h1-5H,6-9,14H2,(H,15,16). The predicted molar refractivity (Wildman–Crippen MR) is 65.9 cm³/mol. The van der Waals surface area contributed by atoms with Gasteiger partial charge in [-0.3, -0.25) is 10.00 Å². The fourth-order valence-corrected chi connectivity index (χ4v) is 2.39. The quantitative estimate of drug-likeness (QED) is 0.834. The van der Waals surface area contributed by atoms with Crippen LogP contribution < -0.4 is 5.73 Å². The molecule has 1 aliphatic rings. The summed E-state index contributed by atoms with van der Waals surface area (Å²) in [7, 11) is 0. The number of nitrogens with two attached hydrogens (primary N) is 1. The van der Waals surface area contributed by atoms with Crippen molar-refractivity contribution in [1.29, 1.82) is 0 Å². The maximum Gasteiger partial charge on any atom is 0.0806 e. The Bertz CT molecular complexity index is 503. The highest BCUT2D eigenvalue weighted by Gasteiger charge is 2.23. The molecule has 88 valence electrons. The monoisotopic (exact) mass is 228 g/mol. The smallest absolute Gasteiger partial charge is 0.0806 e. The van der Waals surface area contributed by atoms with Crippen molar-refractivity contribution in [2.45, 2.75) is 26.2 Å². The average molecular weight is 228 g/mol. The van der Waals surface area contributed by atoms with E-state index in [2.05, 4.69) is 39.4 Å². The lowest BCUT2D eigenvalue weighted by molar-refractivity contribution is 0.271. The third-order valence-corrected chi connectivity index (χ3v) is 3.24. The number of hydrogen-bond donors (Lipinski definition) is 2. The molecule has 2 heterocycles. The van der Waals surface area contributed by atoms with E-state index in [1.54, 1.807) is 0 Å². The molecule has 1 aromatic heterocycles. The molecule has 2 aromatic rings. The predicted octanol–water partition coefficient (Wildman–Crippen LogP) is 1.38. The van der Waals surface area contributed by atoms with Crippen molar-refractivity contribution in [2.24, 2.45) is 5.73 Å². The van der Waals surface area contributed by atoms with E-state index in [0.29, 0.717) is 6.54 Å². The summed E-state index contributed by atoms with van der Waals surface area (Å²) in [6.07, 6.45) is 0. The van der Waals surface area contributed by atoms with Gasteiger partial charge < -0.3 is 5.73 Å². The highest BCUT2D eigenvalue weighted by atomic mass is 15.2. The zero-order valence-electron chi connectivity index (χ0n) is 9.69. The van der Waals surface area contributed by atoms with Crippen LogP contribution in [0.5, 0.6) is 0 Å². The number of nitrogens with one attached hydrogen (secondary N) is 1. The summed E-state index contributed by atoms with van der Waals surface area (Å²) in [6.45, 7) is 3.39. The number of aromatic amines is 1. The minimum absolute atomic E-state index is 0.519. The summed E-state index contributed by atoms with van der Waals surface area (Å²) in [5.74, 6) is 0. The van der Waals surface area contributed by atoms with Crippen LogP contribution in [0.3, 0.4) is 0 Å². The summed E-state index contributed by atoms with van der Waals surface area (Å²) in [6, 6.07) is 10.5. The van der Waals surface area contributed by atoms with Crippen LogP contribution in [0.2, 0.25) is 0 Å². The minimum atomic E-state index is 0.519. The van der Waals surface area contributed by atoms with Crippen LogP contribution in [-0.2, 0) is 26.2 Å². The Kier molecular flexibility index (Phi) is 2.66. The second-order valence-electron chi connectivity index (χ2n) is 4.46. The van der Waals surface area contributed by atoms with Gasteiger partial charge in [-0.2, -0.15) is 5.10 Å². The first-order valence-corrected chi connectivity index (χ1v) is 5.88. The van der Waals surface area contributed by atoms with Crippen molar-refractivity contribution >= 4 is 0 Å². The van der Waals surface area contributed by atoms with Crippen LogP contribution in [0.25, 0.3) is 0 Å². The van der Waals surface area contributed by atoms with Gasteiger partial charge in [-0.25, -0.2) is 0 Å². The van der Waals surface area contributed by atoms with Crippen molar-refractivity contribution < 1.29 is 0 Å². The van der Waals surface area contributed by atoms with E-state index >= 15 is 0 Å². The molecule has 0 radical (unpaired) electrons. The van der Waals surface area contributed by atoms with Crippen molar-refractivity contribution in [3.8, 4) is 0 Å². The van der Waals surface area contributed by atoms with Crippen LogP contribution in [-0.4, -0.2) is 15.1 Å². The Morgan fingerprint density at radius 3 is 2.82 bits per heavy atom. The summed E-state index contributed by atoms with van der Waals surface area (Å²) in [5, 5.41) is 7.30. The van der Waals surface area contributed by atoms with Gasteiger partial charge in [-0.15, -0.1) is 0 Å². The maximum absolute atomic E-state index is 5.66. The first-order valence-electron chi connectivity index (χ1n) is 5.88. The van der Waals surface area contributed by atoms with Gasteiger partial charge in [0.15, 0.2) is 0 Å². The molecule has 0 saturated carbocycles. The minimum Gasteiger partial charge on any atom is -0.325 e. The number of aromatic nitrogens is 2. The molecule has 0 unspecified atom stereocenters. The summed E-state index contributed by atoms with van der Waals surface area (Å²) < 4.78 is 0. The number of H-pyrrole nitrogens is 1. The first kappa shape index (κ1) is 10.5. The fraction of sp³-hybridized carbons (Fsp3) is 0.308. The highest BCUT2D eigenvalue weighted by molar-refractivity contribution is 5.29. The molecule has 0 fully saturated rings. The fourth-order valence-electron chi connectivity index (χ4n) is 2.39. The molecule has 3 rings (SSSR count). The molecule has 0 atom stereocenters. The second kappa shape index (κ2) is 4.31. The van der Waals surface area contributed by atoms with E-state index < -0.39 is 0 Å². The topological polar surface area (TPSA) is 57.9 Å². The molecule has 1 aromatic carbocycles. The van der Waals surface area contributed by atoms with Crippen molar-refractivity contribution in [3.63, 3.8) is 0 Å². The molecule has 0 bridgehead atoms. The maximum atomic E-state index is 5.66. The van der Waals surface area contributed by atoms with Gasteiger partial charge in [-0.1, -0.05) is 30.3 Å². The zero-order valence-corrected chi connectivity index (χ0v) is 9.69. The molecule has 4 heteroatoms. The molecular formula is C13H16N4. The Labute approximate surface area is 100 Å². The summed E-state index contributed by atoms with van der Waals surface area (Å²) in [4.78, 5) is 2.40. The van der Waals surface area contributed by atoms with Crippen molar-refractivity contribution in [1.82, 2.24) is 15.1 Å². The molecular weight excluding hydrogens is 212 g/mol. The van der Waals surface area contributed by atoms with Gasteiger partial charge in [0.25, 0.3) is 0 Å². The lowest BCUT2D eigenvalue weighted by atomic mass is 10.2. The van der Waals surface area contributed by atoms with Gasteiger partial charge in [0.1, 0.15) is 0 Å². The van der Waals surface area contributed by atoms with Gasteiger partial charge in [0.05, 0.1) is 11.4 Å². The number of hydrogen-bond acceptors (Lipinski definition) is 3. The molecule has 0 saturated heterocycles. The normalized spacial score (nSPS) is 15.1. The van der Waals surface area contributed by atoms with E-state index in [-0.39, 0.29) is 0 Å². The summed E-state index contributed by atoms with van der Waals surface area (Å²) in [5.41, 5.74) is 10.5. The van der Waals surface area contributed by atoms with Gasteiger partial charge in [0.2, 0.25) is 0 Å².